The van der Waals surface area contributed by atoms with Crippen molar-refractivity contribution in [2.24, 2.45) is 0 Å². The standard InChI is InChI=1S/C57H39N3/c1-4-16-40(17-5-1)42-30-34-44(35-31-42)47-22-14-24-49(38-47)51-26-10-12-28-53(51)56-58-55(46-20-8-3-9-21-46)59-57(60-56)54-29-13-11-27-52(54)50-25-15-23-48(39-50)45-36-32-43(33-37-45)41-18-6-2-7-19-41/h1-39H. The van der Waals surface area contributed by atoms with E-state index in [4.69, 9.17) is 15.0 Å². The number of benzene rings is 9. The summed E-state index contributed by atoms with van der Waals surface area (Å²) in [7, 11) is 0. The van der Waals surface area contributed by atoms with Crippen molar-refractivity contribution in [3.8, 4) is 101 Å². The Labute approximate surface area is 351 Å². The van der Waals surface area contributed by atoms with Gasteiger partial charge < -0.3 is 0 Å². The molecule has 0 spiro atoms. The molecule has 1 aromatic heterocycles. The fourth-order valence-corrected chi connectivity index (χ4v) is 7.90. The van der Waals surface area contributed by atoms with Gasteiger partial charge in [-0.2, -0.15) is 0 Å². The van der Waals surface area contributed by atoms with Gasteiger partial charge in [0.05, 0.1) is 0 Å². The lowest BCUT2D eigenvalue weighted by atomic mass is 9.94. The molecule has 282 valence electrons. The maximum Gasteiger partial charge on any atom is 0.164 e. The molecule has 0 saturated heterocycles. The first-order valence-electron chi connectivity index (χ1n) is 20.3. The third-order valence-corrected chi connectivity index (χ3v) is 11.0. The summed E-state index contributed by atoms with van der Waals surface area (Å²) in [5.41, 5.74) is 16.5. The summed E-state index contributed by atoms with van der Waals surface area (Å²) in [5.74, 6) is 1.86. The molecule has 0 N–H and O–H groups in total. The lowest BCUT2D eigenvalue weighted by Gasteiger charge is -2.15. The van der Waals surface area contributed by atoms with Crippen molar-refractivity contribution in [2.45, 2.75) is 0 Å². The van der Waals surface area contributed by atoms with Crippen molar-refractivity contribution >= 4 is 0 Å². The van der Waals surface area contributed by atoms with Gasteiger partial charge in [-0.15, -0.1) is 0 Å². The van der Waals surface area contributed by atoms with Crippen LogP contribution in [0.3, 0.4) is 0 Å². The second kappa shape index (κ2) is 16.5. The zero-order chi connectivity index (χ0) is 40.1. The van der Waals surface area contributed by atoms with E-state index in [1.807, 2.05) is 30.3 Å². The van der Waals surface area contributed by atoms with Gasteiger partial charge >= 0.3 is 0 Å². The van der Waals surface area contributed by atoms with Crippen LogP contribution in [0, 0.1) is 0 Å². The maximum absolute atomic E-state index is 5.29. The third kappa shape index (κ3) is 7.56. The van der Waals surface area contributed by atoms with Gasteiger partial charge in [-0.1, -0.05) is 224 Å². The molecule has 0 atom stereocenters. The molecule has 10 rings (SSSR count). The average molecular weight is 766 g/mol. The minimum Gasteiger partial charge on any atom is -0.208 e. The van der Waals surface area contributed by atoms with Crippen LogP contribution in [0.2, 0.25) is 0 Å². The highest BCUT2D eigenvalue weighted by atomic mass is 15.0. The first kappa shape index (κ1) is 36.3. The Morgan fingerprint density at radius 2 is 0.433 bits per heavy atom. The molecule has 3 heteroatoms. The van der Waals surface area contributed by atoms with Crippen molar-refractivity contribution in [1.29, 1.82) is 0 Å². The molecule has 3 nitrogen and oxygen atoms in total. The largest absolute Gasteiger partial charge is 0.208 e. The Hall–Kier alpha value is -8.01. The van der Waals surface area contributed by atoms with E-state index in [2.05, 4.69) is 206 Å². The summed E-state index contributed by atoms with van der Waals surface area (Å²) in [4.78, 5) is 15.6. The molecular weight excluding hydrogens is 727 g/mol. The molecule has 0 fully saturated rings. The van der Waals surface area contributed by atoms with Crippen LogP contribution in [0.4, 0.5) is 0 Å². The van der Waals surface area contributed by atoms with E-state index in [0.717, 1.165) is 61.2 Å². The third-order valence-electron chi connectivity index (χ3n) is 11.0. The molecular formula is C57H39N3. The number of rotatable bonds is 9. The molecule has 10 aromatic rings. The van der Waals surface area contributed by atoms with Crippen molar-refractivity contribution in [3.05, 3.63) is 237 Å². The van der Waals surface area contributed by atoms with Crippen LogP contribution in [0.5, 0.6) is 0 Å². The molecule has 0 unspecified atom stereocenters. The smallest absolute Gasteiger partial charge is 0.164 e. The SMILES string of the molecule is c1ccc(-c2ccc(-c3cccc(-c4ccccc4-c4nc(-c5ccccc5)nc(-c5ccccc5-c5cccc(-c6ccc(-c7ccccc7)cc6)c5)n4)c3)cc2)cc1. The fourth-order valence-electron chi connectivity index (χ4n) is 7.90. The van der Waals surface area contributed by atoms with Gasteiger partial charge in [0.25, 0.3) is 0 Å². The minimum atomic E-state index is 0.620. The number of aromatic nitrogens is 3. The highest BCUT2D eigenvalue weighted by Gasteiger charge is 2.18. The first-order chi connectivity index (χ1) is 29.7. The number of hydrogen-bond acceptors (Lipinski definition) is 3. The van der Waals surface area contributed by atoms with Crippen LogP contribution in [-0.4, -0.2) is 15.0 Å². The molecule has 1 heterocycles. The summed E-state index contributed by atoms with van der Waals surface area (Å²) in [6, 6.07) is 83.0. The van der Waals surface area contributed by atoms with E-state index >= 15 is 0 Å². The molecule has 0 radical (unpaired) electrons. The lowest BCUT2D eigenvalue weighted by molar-refractivity contribution is 1.07. The molecule has 0 aliphatic rings. The minimum absolute atomic E-state index is 0.620. The van der Waals surface area contributed by atoms with Crippen LogP contribution in [-0.2, 0) is 0 Å². The Balaban J connectivity index is 1.04. The molecule has 0 bridgehead atoms. The van der Waals surface area contributed by atoms with Crippen molar-refractivity contribution in [2.75, 3.05) is 0 Å². The van der Waals surface area contributed by atoms with Gasteiger partial charge in [-0.05, 0) is 78.9 Å². The predicted octanol–water partition coefficient (Wildman–Crippen LogP) is 14.9. The summed E-state index contributed by atoms with van der Waals surface area (Å²) >= 11 is 0. The van der Waals surface area contributed by atoms with Crippen LogP contribution in [0.1, 0.15) is 0 Å². The van der Waals surface area contributed by atoms with Gasteiger partial charge in [0.2, 0.25) is 0 Å². The highest BCUT2D eigenvalue weighted by Crippen LogP contribution is 2.38. The van der Waals surface area contributed by atoms with E-state index in [9.17, 15) is 0 Å². The average Bonchev–Trinajstić information content (AvgIpc) is 3.35. The predicted molar refractivity (Wildman–Crippen MR) is 249 cm³/mol. The van der Waals surface area contributed by atoms with Gasteiger partial charge in [-0.3, -0.25) is 0 Å². The molecule has 0 aliphatic carbocycles. The van der Waals surface area contributed by atoms with Gasteiger partial charge in [-0.25, -0.2) is 15.0 Å². The zero-order valence-electron chi connectivity index (χ0n) is 32.9. The Bertz CT molecular complexity index is 2860. The molecule has 9 aromatic carbocycles. The normalized spacial score (nSPS) is 11.0. The Morgan fingerprint density at radius 3 is 0.833 bits per heavy atom. The molecule has 60 heavy (non-hydrogen) atoms. The molecule has 0 saturated carbocycles. The van der Waals surface area contributed by atoms with Crippen molar-refractivity contribution in [3.63, 3.8) is 0 Å². The van der Waals surface area contributed by atoms with Crippen molar-refractivity contribution in [1.82, 2.24) is 15.0 Å². The van der Waals surface area contributed by atoms with Crippen LogP contribution >= 0.6 is 0 Å². The van der Waals surface area contributed by atoms with E-state index in [-0.39, 0.29) is 0 Å². The van der Waals surface area contributed by atoms with Gasteiger partial charge in [0.1, 0.15) is 0 Å². The van der Waals surface area contributed by atoms with E-state index < -0.39 is 0 Å². The van der Waals surface area contributed by atoms with Crippen LogP contribution in [0.15, 0.2) is 237 Å². The Morgan fingerprint density at radius 1 is 0.167 bits per heavy atom. The van der Waals surface area contributed by atoms with Crippen LogP contribution in [0.25, 0.3) is 101 Å². The second-order valence-electron chi connectivity index (χ2n) is 14.8. The van der Waals surface area contributed by atoms with Crippen molar-refractivity contribution < 1.29 is 0 Å². The molecule has 0 amide bonds. The molecule has 0 aliphatic heterocycles. The summed E-state index contributed by atoms with van der Waals surface area (Å²) in [6.45, 7) is 0. The number of nitrogens with zero attached hydrogens (tertiary/aromatic N) is 3. The zero-order valence-corrected chi connectivity index (χ0v) is 32.9. The summed E-state index contributed by atoms with van der Waals surface area (Å²) in [5, 5.41) is 0. The van der Waals surface area contributed by atoms with Gasteiger partial charge in [0, 0.05) is 16.7 Å². The lowest BCUT2D eigenvalue weighted by Crippen LogP contribution is -2.02. The summed E-state index contributed by atoms with van der Waals surface area (Å²) in [6.07, 6.45) is 0. The van der Waals surface area contributed by atoms with E-state index in [1.54, 1.807) is 0 Å². The van der Waals surface area contributed by atoms with E-state index in [1.165, 1.54) is 22.3 Å². The Kier molecular flexibility index (Phi) is 9.97. The highest BCUT2D eigenvalue weighted by molar-refractivity contribution is 5.87. The van der Waals surface area contributed by atoms with Gasteiger partial charge in [0.15, 0.2) is 17.5 Å². The number of hydrogen-bond donors (Lipinski definition) is 0. The summed E-state index contributed by atoms with van der Waals surface area (Å²) < 4.78 is 0. The second-order valence-corrected chi connectivity index (χ2v) is 14.8. The monoisotopic (exact) mass is 765 g/mol. The van der Waals surface area contributed by atoms with Crippen LogP contribution < -0.4 is 0 Å². The fraction of sp³-hybridized carbons (Fsp3) is 0. The maximum atomic E-state index is 5.29. The quantitative estimate of drug-likeness (QED) is 0.147. The topological polar surface area (TPSA) is 38.7 Å². The van der Waals surface area contributed by atoms with E-state index in [0.29, 0.717) is 17.5 Å². The first-order valence-corrected chi connectivity index (χ1v) is 20.3.